The second-order valence-corrected chi connectivity index (χ2v) is 7.00. The topological polar surface area (TPSA) is 26.3 Å². The molecule has 0 fully saturated rings. The number of halogens is 2. The van der Waals surface area contributed by atoms with Crippen LogP contribution in [-0.2, 0) is 15.4 Å². The molecule has 0 aliphatic rings. The summed E-state index contributed by atoms with van der Waals surface area (Å²) in [5.74, 6) is -0.329. The van der Waals surface area contributed by atoms with Gasteiger partial charge in [-0.15, -0.1) is 0 Å². The minimum Gasteiger partial charge on any atom is -0.465 e. The molecule has 0 aliphatic carbocycles. The van der Waals surface area contributed by atoms with E-state index in [2.05, 4.69) is 56.1 Å². The smallest absolute Gasteiger partial charge is 0.339 e. The van der Waals surface area contributed by atoms with E-state index in [9.17, 15) is 4.79 Å². The summed E-state index contributed by atoms with van der Waals surface area (Å²) >= 11 is 6.93. The fraction of sp³-hybridized carbons (Fsp3) is 0.136. The average molecular weight is 474 g/mol. The number of hydrogen-bond donors (Lipinski definition) is 0. The van der Waals surface area contributed by atoms with Gasteiger partial charge in [0.15, 0.2) is 0 Å². The zero-order valence-corrected chi connectivity index (χ0v) is 17.5. The Balaban J connectivity index is 2.16. The maximum Gasteiger partial charge on any atom is 0.339 e. The van der Waals surface area contributed by atoms with E-state index < -0.39 is 0 Å². The molecule has 26 heavy (non-hydrogen) atoms. The summed E-state index contributed by atoms with van der Waals surface area (Å²) in [6, 6.07) is 22.3. The molecule has 2 nitrogen and oxygen atoms in total. The molecule has 0 atom stereocenters. The lowest BCUT2D eigenvalue weighted by Crippen LogP contribution is -2.06. The summed E-state index contributed by atoms with van der Waals surface area (Å²) in [7, 11) is 1.42. The minimum absolute atomic E-state index is 0.329. The van der Waals surface area contributed by atoms with Gasteiger partial charge in [0.1, 0.15) is 0 Å². The van der Waals surface area contributed by atoms with Crippen molar-refractivity contribution in [3.8, 4) is 22.3 Å². The first-order chi connectivity index (χ1) is 12.7. The molecule has 0 spiro atoms. The lowest BCUT2D eigenvalue weighted by molar-refractivity contribution is 0.0602. The van der Waals surface area contributed by atoms with Gasteiger partial charge in [0.25, 0.3) is 0 Å². The fourth-order valence-electron chi connectivity index (χ4n) is 2.90. The van der Waals surface area contributed by atoms with E-state index in [0.717, 1.165) is 32.9 Å². The van der Waals surface area contributed by atoms with E-state index in [4.69, 9.17) is 4.74 Å². The first kappa shape index (κ1) is 18.9. The fourth-order valence-corrected chi connectivity index (χ4v) is 3.65. The first-order valence-electron chi connectivity index (χ1n) is 8.19. The van der Waals surface area contributed by atoms with E-state index in [1.165, 1.54) is 18.2 Å². The summed E-state index contributed by atoms with van der Waals surface area (Å²) in [6.07, 6.45) is 0. The number of methoxy groups -OCH3 is 1. The van der Waals surface area contributed by atoms with Crippen LogP contribution in [0.25, 0.3) is 22.3 Å². The number of rotatable bonds is 5. The molecule has 0 heterocycles. The van der Waals surface area contributed by atoms with E-state index >= 15 is 0 Å². The molecule has 0 N–H and O–H groups in total. The van der Waals surface area contributed by atoms with Gasteiger partial charge >= 0.3 is 5.97 Å². The molecule has 3 aromatic rings. The molecule has 132 valence electrons. The van der Waals surface area contributed by atoms with Gasteiger partial charge in [-0.1, -0.05) is 98.6 Å². The highest BCUT2D eigenvalue weighted by molar-refractivity contribution is 9.08. The van der Waals surface area contributed by atoms with Gasteiger partial charge < -0.3 is 4.74 Å². The molecule has 0 saturated heterocycles. The molecule has 3 rings (SSSR count). The quantitative estimate of drug-likeness (QED) is 0.308. The van der Waals surface area contributed by atoms with Gasteiger partial charge in [-0.2, -0.15) is 0 Å². The monoisotopic (exact) mass is 472 g/mol. The lowest BCUT2D eigenvalue weighted by Gasteiger charge is -2.14. The van der Waals surface area contributed by atoms with Crippen LogP contribution in [0, 0.1) is 0 Å². The summed E-state index contributed by atoms with van der Waals surface area (Å²) in [5, 5.41) is 1.61. The SMILES string of the molecule is COC(=O)c1c(-c2ccc(CBr)cc2)cccc1-c1ccc(CBr)cc1. The van der Waals surface area contributed by atoms with Crippen molar-refractivity contribution in [3.63, 3.8) is 0 Å². The van der Waals surface area contributed by atoms with Gasteiger partial charge in [0, 0.05) is 10.7 Å². The first-order valence-corrected chi connectivity index (χ1v) is 10.4. The van der Waals surface area contributed by atoms with Gasteiger partial charge in [0.05, 0.1) is 12.7 Å². The van der Waals surface area contributed by atoms with Gasteiger partial charge in [-0.3, -0.25) is 0 Å². The number of esters is 1. The van der Waals surface area contributed by atoms with Crippen LogP contribution in [0.2, 0.25) is 0 Å². The number of hydrogen-bond acceptors (Lipinski definition) is 2. The van der Waals surface area contributed by atoms with Crippen molar-refractivity contribution in [2.75, 3.05) is 7.11 Å². The molecule has 0 unspecified atom stereocenters. The van der Waals surface area contributed by atoms with Crippen molar-refractivity contribution in [2.45, 2.75) is 10.7 Å². The van der Waals surface area contributed by atoms with Crippen molar-refractivity contribution < 1.29 is 9.53 Å². The molecule has 4 heteroatoms. The zero-order chi connectivity index (χ0) is 18.5. The molecule has 0 amide bonds. The van der Waals surface area contributed by atoms with Crippen LogP contribution in [0.15, 0.2) is 66.7 Å². The summed E-state index contributed by atoms with van der Waals surface area (Å²) in [4.78, 5) is 12.6. The molecule has 3 aromatic carbocycles. The van der Waals surface area contributed by atoms with E-state index in [0.29, 0.717) is 5.56 Å². The maximum absolute atomic E-state index is 12.6. The van der Waals surface area contributed by atoms with Crippen LogP contribution in [0.3, 0.4) is 0 Å². The molecule has 0 radical (unpaired) electrons. The largest absolute Gasteiger partial charge is 0.465 e. The Hall–Kier alpha value is -1.91. The Bertz CT molecular complexity index is 835. The van der Waals surface area contributed by atoms with Crippen LogP contribution >= 0.6 is 31.9 Å². The standard InChI is InChI=1S/C22H18Br2O2/c1-26-22(25)21-19(17-9-5-15(13-23)6-10-17)3-2-4-20(21)18-11-7-16(14-24)8-12-18/h2-12H,13-14H2,1H3. The maximum atomic E-state index is 12.6. The highest BCUT2D eigenvalue weighted by atomic mass is 79.9. The Morgan fingerprint density at radius 3 is 1.54 bits per heavy atom. The van der Waals surface area contributed by atoms with Crippen molar-refractivity contribution in [2.24, 2.45) is 0 Å². The van der Waals surface area contributed by atoms with Crippen LogP contribution in [0.1, 0.15) is 21.5 Å². The number of benzene rings is 3. The molecule has 0 aliphatic heterocycles. The number of carbonyl (C=O) groups is 1. The van der Waals surface area contributed by atoms with E-state index in [1.54, 1.807) is 0 Å². The molecular formula is C22H18Br2O2. The summed E-state index contributed by atoms with van der Waals surface area (Å²) in [6.45, 7) is 0. The summed E-state index contributed by atoms with van der Waals surface area (Å²) in [5.41, 5.74) is 6.71. The zero-order valence-electron chi connectivity index (χ0n) is 14.3. The number of ether oxygens (including phenoxy) is 1. The molecule has 0 aromatic heterocycles. The molecule has 0 saturated carbocycles. The van der Waals surface area contributed by atoms with Crippen LogP contribution in [-0.4, -0.2) is 13.1 Å². The van der Waals surface area contributed by atoms with Crippen molar-refractivity contribution in [1.82, 2.24) is 0 Å². The predicted octanol–water partition coefficient (Wildman–Crippen LogP) is 6.60. The highest BCUT2D eigenvalue weighted by Crippen LogP contribution is 2.33. The molecular weight excluding hydrogens is 456 g/mol. The summed E-state index contributed by atoms with van der Waals surface area (Å²) < 4.78 is 5.10. The number of alkyl halides is 2. The third kappa shape index (κ3) is 3.92. The highest BCUT2D eigenvalue weighted by Gasteiger charge is 2.19. The average Bonchev–Trinajstić information content (AvgIpc) is 2.72. The van der Waals surface area contributed by atoms with Crippen LogP contribution < -0.4 is 0 Å². The van der Waals surface area contributed by atoms with Crippen molar-refractivity contribution in [3.05, 3.63) is 83.4 Å². The third-order valence-electron chi connectivity index (χ3n) is 4.29. The Morgan fingerprint density at radius 2 is 1.19 bits per heavy atom. The minimum atomic E-state index is -0.329. The normalized spacial score (nSPS) is 10.6. The van der Waals surface area contributed by atoms with Gasteiger partial charge in [-0.25, -0.2) is 4.79 Å². The van der Waals surface area contributed by atoms with Gasteiger partial charge in [-0.05, 0) is 33.4 Å². The third-order valence-corrected chi connectivity index (χ3v) is 5.59. The Morgan fingerprint density at radius 1 is 0.769 bits per heavy atom. The van der Waals surface area contributed by atoms with Gasteiger partial charge in [0.2, 0.25) is 0 Å². The second kappa shape index (κ2) is 8.65. The van der Waals surface area contributed by atoms with Crippen LogP contribution in [0.4, 0.5) is 0 Å². The van der Waals surface area contributed by atoms with Crippen molar-refractivity contribution in [1.29, 1.82) is 0 Å². The van der Waals surface area contributed by atoms with E-state index in [1.807, 2.05) is 42.5 Å². The Kier molecular flexibility index (Phi) is 6.28. The van der Waals surface area contributed by atoms with Crippen molar-refractivity contribution >= 4 is 37.8 Å². The number of carbonyl (C=O) groups excluding carboxylic acids is 1. The van der Waals surface area contributed by atoms with E-state index in [-0.39, 0.29) is 5.97 Å². The Labute approximate surface area is 170 Å². The predicted molar refractivity (Wildman–Crippen MR) is 114 cm³/mol. The lowest BCUT2D eigenvalue weighted by atomic mass is 9.91. The second-order valence-electron chi connectivity index (χ2n) is 5.88. The molecule has 0 bridgehead atoms. The van der Waals surface area contributed by atoms with Crippen LogP contribution in [0.5, 0.6) is 0 Å².